The lowest BCUT2D eigenvalue weighted by Crippen LogP contribution is -2.30. The van der Waals surface area contributed by atoms with Crippen molar-refractivity contribution in [3.8, 4) is 11.5 Å². The molecule has 1 amide bonds. The first kappa shape index (κ1) is 18.2. The summed E-state index contributed by atoms with van der Waals surface area (Å²) in [6.07, 6.45) is 1.36. The number of amides is 1. The third-order valence-corrected chi connectivity index (χ3v) is 4.73. The number of nitrogens with one attached hydrogen (secondary N) is 1. The maximum absolute atomic E-state index is 12.3. The highest BCUT2D eigenvalue weighted by molar-refractivity contribution is 7.15. The fraction of sp³-hybridized carbons (Fsp3) is 0.471. The summed E-state index contributed by atoms with van der Waals surface area (Å²) in [7, 11) is 1.59. The molecular formula is C17H23N3O3S. The lowest BCUT2D eigenvalue weighted by atomic mass is 10.1. The van der Waals surface area contributed by atoms with Crippen molar-refractivity contribution in [1.29, 1.82) is 0 Å². The minimum Gasteiger partial charge on any atom is -0.497 e. The van der Waals surface area contributed by atoms with Gasteiger partial charge < -0.3 is 9.47 Å². The molecule has 0 fully saturated rings. The van der Waals surface area contributed by atoms with Crippen LogP contribution in [-0.2, 0) is 4.79 Å². The number of ether oxygens (including phenoxy) is 2. The van der Waals surface area contributed by atoms with Crippen LogP contribution >= 0.6 is 11.3 Å². The van der Waals surface area contributed by atoms with Gasteiger partial charge in [0, 0.05) is 12.0 Å². The zero-order valence-corrected chi connectivity index (χ0v) is 15.2. The SMILES string of the molecule is CCC(CC)c1nnc(NC(=O)C(C)Oc2cccc(OC)c2)s1. The first-order valence-corrected chi connectivity index (χ1v) is 8.84. The van der Waals surface area contributed by atoms with E-state index in [-0.39, 0.29) is 5.91 Å². The highest BCUT2D eigenvalue weighted by Crippen LogP contribution is 2.28. The predicted molar refractivity (Wildman–Crippen MR) is 94.9 cm³/mol. The van der Waals surface area contributed by atoms with Crippen LogP contribution in [0.15, 0.2) is 24.3 Å². The van der Waals surface area contributed by atoms with Gasteiger partial charge in [-0.05, 0) is 31.9 Å². The molecule has 130 valence electrons. The van der Waals surface area contributed by atoms with E-state index < -0.39 is 6.10 Å². The number of benzene rings is 1. The van der Waals surface area contributed by atoms with Gasteiger partial charge in [0.25, 0.3) is 5.91 Å². The Labute approximate surface area is 146 Å². The van der Waals surface area contributed by atoms with E-state index in [4.69, 9.17) is 9.47 Å². The molecule has 0 radical (unpaired) electrons. The molecule has 1 heterocycles. The summed E-state index contributed by atoms with van der Waals surface area (Å²) in [6.45, 7) is 5.94. The predicted octanol–water partition coefficient (Wildman–Crippen LogP) is 3.86. The monoisotopic (exact) mass is 349 g/mol. The van der Waals surface area contributed by atoms with E-state index >= 15 is 0 Å². The molecular weight excluding hydrogens is 326 g/mol. The van der Waals surface area contributed by atoms with Crippen molar-refractivity contribution in [1.82, 2.24) is 10.2 Å². The smallest absolute Gasteiger partial charge is 0.266 e. The summed E-state index contributed by atoms with van der Waals surface area (Å²) in [4.78, 5) is 12.3. The summed E-state index contributed by atoms with van der Waals surface area (Å²) in [5, 5.41) is 12.4. The quantitative estimate of drug-likeness (QED) is 0.783. The Morgan fingerprint density at radius 3 is 2.62 bits per heavy atom. The molecule has 0 bridgehead atoms. The van der Waals surface area contributed by atoms with Gasteiger partial charge in [0.1, 0.15) is 16.5 Å². The van der Waals surface area contributed by atoms with Gasteiger partial charge in [-0.15, -0.1) is 10.2 Å². The lowest BCUT2D eigenvalue weighted by Gasteiger charge is -2.14. The third-order valence-electron chi connectivity index (χ3n) is 3.73. The van der Waals surface area contributed by atoms with Crippen molar-refractivity contribution in [2.75, 3.05) is 12.4 Å². The first-order valence-electron chi connectivity index (χ1n) is 8.02. The van der Waals surface area contributed by atoms with Gasteiger partial charge in [-0.3, -0.25) is 10.1 Å². The minimum absolute atomic E-state index is 0.259. The van der Waals surface area contributed by atoms with Crippen molar-refractivity contribution in [2.45, 2.75) is 45.6 Å². The minimum atomic E-state index is -0.655. The average molecular weight is 349 g/mol. The van der Waals surface area contributed by atoms with E-state index in [0.29, 0.717) is 22.5 Å². The number of rotatable bonds is 8. The van der Waals surface area contributed by atoms with Crippen molar-refractivity contribution >= 4 is 22.4 Å². The standard InChI is InChI=1S/C17H23N3O3S/c1-5-12(6-2)16-19-20-17(24-16)18-15(21)11(3)23-14-9-7-8-13(10-14)22-4/h7-12H,5-6H2,1-4H3,(H,18,20,21). The van der Waals surface area contributed by atoms with Crippen LogP contribution in [0.3, 0.4) is 0 Å². The molecule has 0 saturated carbocycles. The zero-order valence-electron chi connectivity index (χ0n) is 14.4. The van der Waals surface area contributed by atoms with Crippen molar-refractivity contribution < 1.29 is 14.3 Å². The van der Waals surface area contributed by atoms with Gasteiger partial charge in [-0.2, -0.15) is 0 Å². The van der Waals surface area contributed by atoms with Gasteiger partial charge in [-0.1, -0.05) is 31.3 Å². The average Bonchev–Trinajstić information content (AvgIpc) is 3.04. The summed E-state index contributed by atoms with van der Waals surface area (Å²) in [5.74, 6) is 1.38. The van der Waals surface area contributed by atoms with E-state index in [1.165, 1.54) is 11.3 Å². The molecule has 7 heteroatoms. The summed E-state index contributed by atoms with van der Waals surface area (Å²) in [6, 6.07) is 7.14. The van der Waals surface area contributed by atoms with Gasteiger partial charge in [-0.25, -0.2) is 0 Å². The van der Waals surface area contributed by atoms with Crippen LogP contribution in [-0.4, -0.2) is 29.3 Å². The topological polar surface area (TPSA) is 73.3 Å². The lowest BCUT2D eigenvalue weighted by molar-refractivity contribution is -0.122. The molecule has 1 aromatic carbocycles. The molecule has 1 N–H and O–H groups in total. The Kier molecular flexibility index (Phi) is 6.54. The number of nitrogens with zero attached hydrogens (tertiary/aromatic N) is 2. The van der Waals surface area contributed by atoms with Crippen LogP contribution < -0.4 is 14.8 Å². The number of carbonyl (C=O) groups is 1. The summed E-state index contributed by atoms with van der Waals surface area (Å²) < 4.78 is 10.8. The van der Waals surface area contributed by atoms with E-state index in [2.05, 4.69) is 29.4 Å². The molecule has 1 unspecified atom stereocenters. The second-order valence-electron chi connectivity index (χ2n) is 5.39. The fourth-order valence-electron chi connectivity index (χ4n) is 2.23. The Hall–Kier alpha value is -2.15. The second kappa shape index (κ2) is 8.63. The van der Waals surface area contributed by atoms with Gasteiger partial charge in [0.05, 0.1) is 7.11 Å². The van der Waals surface area contributed by atoms with E-state index in [1.54, 1.807) is 26.2 Å². The Morgan fingerprint density at radius 2 is 1.96 bits per heavy atom. The highest BCUT2D eigenvalue weighted by Gasteiger charge is 2.19. The molecule has 2 aromatic rings. The van der Waals surface area contributed by atoms with Crippen molar-refractivity contribution in [2.24, 2.45) is 0 Å². The van der Waals surface area contributed by atoms with Gasteiger partial charge in [0.2, 0.25) is 5.13 Å². The van der Waals surface area contributed by atoms with Crippen molar-refractivity contribution in [3.63, 3.8) is 0 Å². The van der Waals surface area contributed by atoms with Crippen LogP contribution in [0, 0.1) is 0 Å². The van der Waals surface area contributed by atoms with Crippen LogP contribution in [0.25, 0.3) is 0 Å². The molecule has 24 heavy (non-hydrogen) atoms. The third kappa shape index (κ3) is 4.67. The Morgan fingerprint density at radius 1 is 1.25 bits per heavy atom. The van der Waals surface area contributed by atoms with E-state index in [0.717, 1.165) is 17.8 Å². The Bertz CT molecular complexity index is 671. The first-order chi connectivity index (χ1) is 11.6. The highest BCUT2D eigenvalue weighted by atomic mass is 32.1. The summed E-state index contributed by atoms with van der Waals surface area (Å²) in [5.41, 5.74) is 0. The normalized spacial score (nSPS) is 12.0. The summed E-state index contributed by atoms with van der Waals surface area (Å²) >= 11 is 1.42. The maximum atomic E-state index is 12.3. The van der Waals surface area contributed by atoms with Gasteiger partial charge >= 0.3 is 0 Å². The number of hydrogen-bond donors (Lipinski definition) is 1. The number of hydrogen-bond acceptors (Lipinski definition) is 6. The molecule has 6 nitrogen and oxygen atoms in total. The van der Waals surface area contributed by atoms with Gasteiger partial charge in [0.15, 0.2) is 6.10 Å². The molecule has 0 saturated heterocycles. The molecule has 0 aliphatic heterocycles. The number of carbonyl (C=O) groups excluding carboxylic acids is 1. The molecule has 0 spiro atoms. The number of anilines is 1. The largest absolute Gasteiger partial charge is 0.497 e. The van der Waals surface area contributed by atoms with E-state index in [1.807, 2.05) is 12.1 Å². The van der Waals surface area contributed by atoms with Crippen molar-refractivity contribution in [3.05, 3.63) is 29.3 Å². The molecule has 1 atom stereocenters. The van der Waals surface area contributed by atoms with Crippen LogP contribution in [0.2, 0.25) is 0 Å². The molecule has 0 aliphatic rings. The van der Waals surface area contributed by atoms with Crippen LogP contribution in [0.5, 0.6) is 11.5 Å². The van der Waals surface area contributed by atoms with E-state index in [9.17, 15) is 4.79 Å². The number of aromatic nitrogens is 2. The molecule has 2 rings (SSSR count). The zero-order chi connectivity index (χ0) is 17.5. The second-order valence-corrected chi connectivity index (χ2v) is 6.40. The molecule has 0 aliphatic carbocycles. The van der Waals surface area contributed by atoms with Crippen LogP contribution in [0.4, 0.5) is 5.13 Å². The number of methoxy groups -OCH3 is 1. The maximum Gasteiger partial charge on any atom is 0.266 e. The fourth-order valence-corrected chi connectivity index (χ4v) is 3.24. The van der Waals surface area contributed by atoms with Crippen LogP contribution in [0.1, 0.15) is 44.5 Å². The Balaban J connectivity index is 1.96. The molecule has 1 aromatic heterocycles.